The van der Waals surface area contributed by atoms with Crippen LogP contribution in [-0.4, -0.2) is 11.5 Å². The van der Waals surface area contributed by atoms with Crippen molar-refractivity contribution in [2.75, 3.05) is 11.9 Å². The number of hydrogen-bond acceptors (Lipinski definition) is 2. The Bertz CT molecular complexity index is 538. The van der Waals surface area contributed by atoms with Crippen molar-refractivity contribution in [1.82, 2.24) is 4.98 Å². The maximum Gasteiger partial charge on any atom is 0.0879 e. The van der Waals surface area contributed by atoms with Crippen LogP contribution in [0.3, 0.4) is 0 Å². The van der Waals surface area contributed by atoms with E-state index in [-0.39, 0.29) is 0 Å². The van der Waals surface area contributed by atoms with Crippen LogP contribution in [0.4, 0.5) is 5.69 Å². The Kier molecular flexibility index (Phi) is 3.50. The summed E-state index contributed by atoms with van der Waals surface area (Å²) in [6.07, 6.45) is 0. The summed E-state index contributed by atoms with van der Waals surface area (Å²) < 4.78 is 2.09. The maximum atomic E-state index is 4.56. The van der Waals surface area contributed by atoms with Gasteiger partial charge in [0.2, 0.25) is 0 Å². The molecule has 0 saturated heterocycles. The minimum Gasteiger partial charge on any atom is -0.385 e. The van der Waals surface area contributed by atoms with E-state index < -0.39 is 0 Å². The van der Waals surface area contributed by atoms with E-state index in [2.05, 4.69) is 55.2 Å². The predicted molar refractivity (Wildman–Crippen MR) is 76.0 cm³/mol. The number of aromatic nitrogens is 1. The molecule has 2 nitrogen and oxygen atoms in total. The van der Waals surface area contributed by atoms with Gasteiger partial charge >= 0.3 is 0 Å². The molecule has 1 N–H and O–H groups in total. The van der Waals surface area contributed by atoms with Crippen LogP contribution in [0.5, 0.6) is 0 Å². The van der Waals surface area contributed by atoms with Crippen molar-refractivity contribution in [3.8, 4) is 0 Å². The lowest BCUT2D eigenvalue weighted by Crippen LogP contribution is -2.00. The molecule has 0 aliphatic heterocycles. The van der Waals surface area contributed by atoms with Crippen molar-refractivity contribution in [3.63, 3.8) is 0 Å². The average molecular weight is 344 g/mol. The van der Waals surface area contributed by atoms with Crippen LogP contribution in [-0.2, 0) is 0 Å². The van der Waals surface area contributed by atoms with Gasteiger partial charge in [-0.15, -0.1) is 0 Å². The molecule has 0 fully saturated rings. The SMILES string of the molecule is CCNc1cc(C)nc2c(Br)ccc(Br)c12. The number of rotatable bonds is 2. The number of anilines is 1. The first-order valence-electron chi connectivity index (χ1n) is 5.12. The summed E-state index contributed by atoms with van der Waals surface area (Å²) in [5.41, 5.74) is 3.13. The molecule has 0 aliphatic rings. The Balaban J connectivity index is 2.83. The van der Waals surface area contributed by atoms with Gasteiger partial charge in [-0.3, -0.25) is 4.98 Å². The summed E-state index contributed by atoms with van der Waals surface area (Å²) in [6, 6.07) is 6.11. The smallest absolute Gasteiger partial charge is 0.0879 e. The fourth-order valence-corrected chi connectivity index (χ4v) is 2.68. The normalized spacial score (nSPS) is 10.8. The molecule has 0 radical (unpaired) electrons. The summed E-state index contributed by atoms with van der Waals surface area (Å²) in [4.78, 5) is 4.56. The molecule has 84 valence electrons. The highest BCUT2D eigenvalue weighted by molar-refractivity contribution is 9.11. The van der Waals surface area contributed by atoms with E-state index >= 15 is 0 Å². The molecule has 2 aromatic rings. The van der Waals surface area contributed by atoms with Gasteiger partial charge in [0.1, 0.15) is 0 Å². The molecular weight excluding hydrogens is 332 g/mol. The maximum absolute atomic E-state index is 4.56. The average Bonchev–Trinajstić information content (AvgIpc) is 2.23. The largest absolute Gasteiger partial charge is 0.385 e. The van der Waals surface area contributed by atoms with Gasteiger partial charge in [-0.25, -0.2) is 0 Å². The third-order valence-electron chi connectivity index (χ3n) is 2.36. The lowest BCUT2D eigenvalue weighted by atomic mass is 10.1. The van der Waals surface area contributed by atoms with Crippen LogP contribution < -0.4 is 5.32 Å². The van der Waals surface area contributed by atoms with Gasteiger partial charge in [0.05, 0.1) is 5.52 Å². The van der Waals surface area contributed by atoms with E-state index in [0.717, 1.165) is 37.8 Å². The van der Waals surface area contributed by atoms with Crippen molar-refractivity contribution in [2.45, 2.75) is 13.8 Å². The van der Waals surface area contributed by atoms with Crippen LogP contribution in [0.2, 0.25) is 0 Å². The van der Waals surface area contributed by atoms with Crippen molar-refractivity contribution >= 4 is 48.5 Å². The summed E-state index contributed by atoms with van der Waals surface area (Å²) in [6.45, 7) is 5.00. The fourth-order valence-electron chi connectivity index (χ4n) is 1.73. The standard InChI is InChI=1S/C12H12Br2N2/c1-3-15-10-6-7(2)16-12-9(14)5-4-8(13)11(10)12/h4-6H,3H2,1-2H3,(H,15,16). The molecule has 0 bridgehead atoms. The van der Waals surface area contributed by atoms with E-state index in [9.17, 15) is 0 Å². The summed E-state index contributed by atoms with van der Waals surface area (Å²) >= 11 is 7.11. The second-order valence-corrected chi connectivity index (χ2v) is 5.30. The first-order chi connectivity index (χ1) is 7.63. The highest BCUT2D eigenvalue weighted by atomic mass is 79.9. The topological polar surface area (TPSA) is 24.9 Å². The van der Waals surface area contributed by atoms with Crippen molar-refractivity contribution in [2.24, 2.45) is 0 Å². The van der Waals surface area contributed by atoms with E-state index in [1.165, 1.54) is 0 Å². The Labute approximate surface area is 112 Å². The Morgan fingerprint density at radius 2 is 1.94 bits per heavy atom. The number of pyridine rings is 1. The fraction of sp³-hybridized carbons (Fsp3) is 0.250. The molecule has 0 spiro atoms. The summed E-state index contributed by atoms with van der Waals surface area (Å²) in [5.74, 6) is 0. The number of benzene rings is 1. The van der Waals surface area contributed by atoms with Gasteiger partial charge in [0.25, 0.3) is 0 Å². The molecule has 0 aliphatic carbocycles. The number of hydrogen-bond donors (Lipinski definition) is 1. The number of nitrogens with zero attached hydrogens (tertiary/aromatic N) is 1. The molecule has 0 amide bonds. The lowest BCUT2D eigenvalue weighted by molar-refractivity contribution is 1.19. The summed E-state index contributed by atoms with van der Waals surface area (Å²) in [7, 11) is 0. The van der Waals surface area contributed by atoms with Crippen LogP contribution in [0.25, 0.3) is 10.9 Å². The highest BCUT2D eigenvalue weighted by Gasteiger charge is 2.09. The number of halogens is 2. The molecule has 1 aromatic heterocycles. The Morgan fingerprint density at radius 1 is 1.25 bits per heavy atom. The number of fused-ring (bicyclic) bond motifs is 1. The third-order valence-corrected chi connectivity index (χ3v) is 3.66. The summed E-state index contributed by atoms with van der Waals surface area (Å²) in [5, 5.41) is 4.50. The van der Waals surface area contributed by atoms with Crippen molar-refractivity contribution in [1.29, 1.82) is 0 Å². The monoisotopic (exact) mass is 342 g/mol. The zero-order valence-electron chi connectivity index (χ0n) is 9.14. The van der Waals surface area contributed by atoms with Crippen molar-refractivity contribution < 1.29 is 0 Å². The minimum atomic E-state index is 0.900. The van der Waals surface area contributed by atoms with Gasteiger partial charge in [-0.05, 0) is 48.0 Å². The van der Waals surface area contributed by atoms with E-state index in [4.69, 9.17) is 0 Å². The van der Waals surface area contributed by atoms with Crippen LogP contribution in [0.15, 0.2) is 27.1 Å². The molecule has 16 heavy (non-hydrogen) atoms. The van der Waals surface area contributed by atoms with Crippen LogP contribution in [0.1, 0.15) is 12.6 Å². The lowest BCUT2D eigenvalue weighted by Gasteiger charge is -2.11. The first-order valence-corrected chi connectivity index (χ1v) is 6.71. The predicted octanol–water partition coefficient (Wildman–Crippen LogP) is 4.50. The first kappa shape index (κ1) is 11.9. The molecule has 1 aromatic carbocycles. The zero-order valence-corrected chi connectivity index (χ0v) is 12.3. The van der Waals surface area contributed by atoms with Crippen LogP contribution in [0, 0.1) is 6.92 Å². The van der Waals surface area contributed by atoms with Crippen LogP contribution >= 0.6 is 31.9 Å². The molecule has 0 saturated carbocycles. The molecule has 2 rings (SSSR count). The Morgan fingerprint density at radius 3 is 2.62 bits per heavy atom. The van der Waals surface area contributed by atoms with E-state index in [0.29, 0.717) is 0 Å². The molecule has 4 heteroatoms. The van der Waals surface area contributed by atoms with Gasteiger partial charge in [0.15, 0.2) is 0 Å². The zero-order chi connectivity index (χ0) is 11.7. The quantitative estimate of drug-likeness (QED) is 0.868. The van der Waals surface area contributed by atoms with E-state index in [1.54, 1.807) is 0 Å². The molecule has 0 unspecified atom stereocenters. The van der Waals surface area contributed by atoms with Gasteiger partial charge in [0, 0.05) is 32.3 Å². The highest BCUT2D eigenvalue weighted by Crippen LogP contribution is 2.34. The van der Waals surface area contributed by atoms with Gasteiger partial charge < -0.3 is 5.32 Å². The Hall–Kier alpha value is -0.610. The molecule has 0 atom stereocenters. The van der Waals surface area contributed by atoms with Gasteiger partial charge in [-0.1, -0.05) is 15.9 Å². The third kappa shape index (κ3) is 2.09. The molecular formula is C12H12Br2N2. The molecule has 1 heterocycles. The number of nitrogens with one attached hydrogen (secondary N) is 1. The second-order valence-electron chi connectivity index (χ2n) is 3.59. The van der Waals surface area contributed by atoms with Crippen molar-refractivity contribution in [3.05, 3.63) is 32.8 Å². The minimum absolute atomic E-state index is 0.900. The van der Waals surface area contributed by atoms with E-state index in [1.807, 2.05) is 19.1 Å². The van der Waals surface area contributed by atoms with Gasteiger partial charge in [-0.2, -0.15) is 0 Å². The number of aryl methyl sites for hydroxylation is 1. The second kappa shape index (κ2) is 4.72.